The summed E-state index contributed by atoms with van der Waals surface area (Å²) in [5.74, 6) is -1.15. The Morgan fingerprint density at radius 3 is 1.55 bits per heavy atom. The van der Waals surface area contributed by atoms with Crippen LogP contribution < -0.4 is 10.6 Å². The highest BCUT2D eigenvalue weighted by Gasteiger charge is 2.33. The van der Waals surface area contributed by atoms with Crippen molar-refractivity contribution in [2.24, 2.45) is 23.7 Å². The highest BCUT2D eigenvalue weighted by atomic mass is 16.2. The Morgan fingerprint density at radius 1 is 0.690 bits per heavy atom. The molecule has 2 aliphatic carbocycles. The molecule has 1 atom stereocenters. The fraction of sp³-hybridized carbons (Fsp3) is 0.645. The van der Waals surface area contributed by atoms with Gasteiger partial charge in [0.25, 0.3) is 23.6 Å². The van der Waals surface area contributed by atoms with Gasteiger partial charge in [-0.25, -0.2) is 0 Å². The van der Waals surface area contributed by atoms with E-state index in [4.69, 9.17) is 0 Å². The number of Topliss-reactive ketones (excluding diaryl/α,β-unsaturated/α-hetero) is 1. The Bertz CT molecular complexity index is 1110. The third kappa shape index (κ3) is 8.23. The number of ketones is 1. The van der Waals surface area contributed by atoms with Gasteiger partial charge in [-0.05, 0) is 89.4 Å². The van der Waals surface area contributed by atoms with Crippen LogP contribution in [0.15, 0.2) is 24.3 Å². The number of carbonyl (C=O) groups excluding carboxylic acids is 7. The van der Waals surface area contributed by atoms with Gasteiger partial charge in [-0.3, -0.25) is 43.4 Å². The predicted octanol–water partition coefficient (Wildman–Crippen LogP) is 1.81. The molecule has 0 spiro atoms. The topological polar surface area (TPSA) is 150 Å². The Balaban J connectivity index is 1.08. The molecular weight excluding hydrogens is 540 g/mol. The molecule has 6 amide bonds. The van der Waals surface area contributed by atoms with Gasteiger partial charge in [0.05, 0.1) is 6.04 Å². The van der Waals surface area contributed by atoms with Gasteiger partial charge in [0.2, 0.25) is 11.8 Å². The van der Waals surface area contributed by atoms with Crippen molar-refractivity contribution in [3.63, 3.8) is 0 Å². The lowest BCUT2D eigenvalue weighted by Crippen LogP contribution is -2.44. The fourth-order valence-corrected chi connectivity index (χ4v) is 6.45. The standard InChI is InChI=1S/C31H42N4O7/c1-20(36)25(33-31(42)24-11-7-22(8-12-24)19-35-28(39)15-16-29(35)40)4-2-3-17-32-30(41)23-9-5-21(6-10-23)18-34-26(37)13-14-27(34)38/h13-16,21-25H,2-12,17-19H2,1H3,(H,32,41)(H,33,42). The van der Waals surface area contributed by atoms with Crippen LogP contribution >= 0.6 is 0 Å². The van der Waals surface area contributed by atoms with Gasteiger partial charge >= 0.3 is 0 Å². The van der Waals surface area contributed by atoms with Gasteiger partial charge < -0.3 is 10.6 Å². The minimum Gasteiger partial charge on any atom is -0.356 e. The van der Waals surface area contributed by atoms with Crippen molar-refractivity contribution in [3.05, 3.63) is 24.3 Å². The van der Waals surface area contributed by atoms with Crippen LogP contribution in [0, 0.1) is 23.7 Å². The molecule has 0 aromatic carbocycles. The molecule has 0 bridgehead atoms. The highest BCUT2D eigenvalue weighted by Crippen LogP contribution is 2.31. The molecule has 11 nitrogen and oxygen atoms in total. The van der Waals surface area contributed by atoms with Crippen LogP contribution in [0.4, 0.5) is 0 Å². The van der Waals surface area contributed by atoms with Gasteiger partial charge in [0, 0.05) is 55.8 Å². The molecule has 0 radical (unpaired) electrons. The summed E-state index contributed by atoms with van der Waals surface area (Å²) in [6.45, 7) is 2.77. The van der Waals surface area contributed by atoms with E-state index in [1.54, 1.807) is 0 Å². The quantitative estimate of drug-likeness (QED) is 0.248. The zero-order valence-corrected chi connectivity index (χ0v) is 24.3. The van der Waals surface area contributed by atoms with Crippen molar-refractivity contribution >= 4 is 41.2 Å². The van der Waals surface area contributed by atoms with E-state index in [1.807, 2.05) is 0 Å². The molecule has 42 heavy (non-hydrogen) atoms. The van der Waals surface area contributed by atoms with E-state index in [1.165, 1.54) is 41.0 Å². The van der Waals surface area contributed by atoms with Crippen molar-refractivity contribution in [1.82, 2.24) is 20.4 Å². The summed E-state index contributed by atoms with van der Waals surface area (Å²) in [6.07, 6.45) is 12.9. The summed E-state index contributed by atoms with van der Waals surface area (Å²) >= 11 is 0. The molecule has 2 fully saturated rings. The fourth-order valence-electron chi connectivity index (χ4n) is 6.45. The molecule has 228 valence electrons. The van der Waals surface area contributed by atoms with Crippen LogP contribution in [0.5, 0.6) is 0 Å². The van der Waals surface area contributed by atoms with E-state index < -0.39 is 6.04 Å². The Hall–Kier alpha value is -3.63. The summed E-state index contributed by atoms with van der Waals surface area (Å²) in [6, 6.07) is -0.559. The second-order valence-electron chi connectivity index (χ2n) is 12.1. The van der Waals surface area contributed by atoms with Gasteiger partial charge in [-0.1, -0.05) is 0 Å². The largest absolute Gasteiger partial charge is 0.356 e. The van der Waals surface area contributed by atoms with Crippen molar-refractivity contribution in [1.29, 1.82) is 0 Å². The first kappa shape index (κ1) is 31.3. The van der Waals surface area contributed by atoms with E-state index in [0.717, 1.165) is 38.5 Å². The van der Waals surface area contributed by atoms with E-state index in [9.17, 15) is 33.6 Å². The first-order valence-corrected chi connectivity index (χ1v) is 15.3. The van der Waals surface area contributed by atoms with Gasteiger partial charge in [0.15, 0.2) is 5.78 Å². The normalized spacial score (nSPS) is 26.6. The second kappa shape index (κ2) is 14.5. The number of carbonyl (C=O) groups is 7. The van der Waals surface area contributed by atoms with Crippen molar-refractivity contribution < 1.29 is 33.6 Å². The van der Waals surface area contributed by atoms with Crippen molar-refractivity contribution in [2.45, 2.75) is 83.6 Å². The molecule has 4 rings (SSSR count). The molecule has 2 aliphatic heterocycles. The highest BCUT2D eigenvalue weighted by molar-refractivity contribution is 6.13. The molecular formula is C31H42N4O7. The zero-order chi connectivity index (χ0) is 30.2. The lowest BCUT2D eigenvalue weighted by atomic mass is 9.81. The number of hydrogen-bond acceptors (Lipinski definition) is 7. The number of rotatable bonds is 13. The number of nitrogens with zero attached hydrogens (tertiary/aromatic N) is 2. The molecule has 4 aliphatic rings. The lowest BCUT2D eigenvalue weighted by Gasteiger charge is -2.30. The molecule has 0 aromatic heterocycles. The first-order chi connectivity index (χ1) is 20.1. The Morgan fingerprint density at radius 2 is 1.12 bits per heavy atom. The molecule has 2 heterocycles. The number of imide groups is 2. The predicted molar refractivity (Wildman–Crippen MR) is 152 cm³/mol. The maximum absolute atomic E-state index is 12.9. The Kier molecular flexibility index (Phi) is 10.8. The minimum absolute atomic E-state index is 0.0187. The van der Waals surface area contributed by atoms with Crippen LogP contribution in [0.1, 0.15) is 77.6 Å². The molecule has 1 unspecified atom stereocenters. The van der Waals surface area contributed by atoms with E-state index in [0.29, 0.717) is 51.7 Å². The number of hydrogen-bond donors (Lipinski definition) is 2. The summed E-state index contributed by atoms with van der Waals surface area (Å²) in [5, 5.41) is 5.92. The average molecular weight is 583 g/mol. The third-order valence-electron chi connectivity index (χ3n) is 9.14. The van der Waals surface area contributed by atoms with Crippen LogP contribution in [-0.2, 0) is 33.6 Å². The molecule has 0 saturated heterocycles. The smallest absolute Gasteiger partial charge is 0.253 e. The molecule has 2 N–H and O–H groups in total. The van der Waals surface area contributed by atoms with Crippen LogP contribution in [-0.4, -0.2) is 76.7 Å². The van der Waals surface area contributed by atoms with Crippen LogP contribution in [0.25, 0.3) is 0 Å². The Labute approximate surface area is 246 Å². The maximum atomic E-state index is 12.9. The van der Waals surface area contributed by atoms with Gasteiger partial charge in [-0.2, -0.15) is 0 Å². The van der Waals surface area contributed by atoms with E-state index >= 15 is 0 Å². The number of nitrogens with one attached hydrogen (secondary N) is 2. The van der Waals surface area contributed by atoms with Crippen molar-refractivity contribution in [2.75, 3.05) is 19.6 Å². The van der Waals surface area contributed by atoms with Crippen LogP contribution in [0.2, 0.25) is 0 Å². The number of amides is 6. The zero-order valence-electron chi connectivity index (χ0n) is 24.3. The van der Waals surface area contributed by atoms with Crippen molar-refractivity contribution in [3.8, 4) is 0 Å². The summed E-state index contributed by atoms with van der Waals surface area (Å²) in [4.78, 5) is 87.4. The SMILES string of the molecule is CC(=O)C(CCCCNC(=O)C1CCC(CN2C(=O)C=CC2=O)CC1)NC(=O)C1CCC(CN2C(=O)C=CC2=O)CC1. The minimum atomic E-state index is -0.559. The lowest BCUT2D eigenvalue weighted by molar-refractivity contribution is -0.139. The summed E-state index contributed by atoms with van der Waals surface area (Å²) < 4.78 is 0. The first-order valence-electron chi connectivity index (χ1n) is 15.3. The molecule has 0 aromatic rings. The number of unbranched alkanes of at least 4 members (excludes halogenated alkanes) is 1. The molecule has 2 saturated carbocycles. The third-order valence-corrected chi connectivity index (χ3v) is 9.14. The van der Waals surface area contributed by atoms with Crippen LogP contribution in [0.3, 0.4) is 0 Å². The van der Waals surface area contributed by atoms with E-state index in [2.05, 4.69) is 10.6 Å². The molecule has 11 heteroatoms. The van der Waals surface area contributed by atoms with E-state index in [-0.39, 0.29) is 64.9 Å². The average Bonchev–Trinajstić information content (AvgIpc) is 3.47. The summed E-state index contributed by atoms with van der Waals surface area (Å²) in [7, 11) is 0. The monoisotopic (exact) mass is 582 g/mol. The summed E-state index contributed by atoms with van der Waals surface area (Å²) in [5.41, 5.74) is 0. The van der Waals surface area contributed by atoms with Gasteiger partial charge in [-0.15, -0.1) is 0 Å². The maximum Gasteiger partial charge on any atom is 0.253 e. The van der Waals surface area contributed by atoms with Gasteiger partial charge in [0.1, 0.15) is 0 Å². The second-order valence-corrected chi connectivity index (χ2v) is 12.1.